The molecule has 2 saturated heterocycles. The van der Waals surface area contributed by atoms with Gasteiger partial charge in [-0.15, -0.1) is 0 Å². The van der Waals surface area contributed by atoms with E-state index in [-0.39, 0.29) is 22.8 Å². The highest BCUT2D eigenvalue weighted by Crippen LogP contribution is 2.32. The largest absolute Gasteiger partial charge is 0.508 e. The monoisotopic (exact) mass is 640 g/mol. The van der Waals surface area contributed by atoms with Gasteiger partial charge in [0.2, 0.25) is 6.29 Å². The van der Waals surface area contributed by atoms with E-state index in [2.05, 4.69) is 0 Å². The maximum absolute atomic E-state index is 12.9. The summed E-state index contributed by atoms with van der Waals surface area (Å²) in [6.45, 7) is 0.604. The minimum Gasteiger partial charge on any atom is -0.508 e. The molecule has 0 saturated carbocycles. The van der Waals surface area contributed by atoms with Crippen LogP contribution in [0.1, 0.15) is 29.3 Å². The van der Waals surface area contributed by atoms with Gasteiger partial charge in [-0.1, -0.05) is 12.1 Å². The van der Waals surface area contributed by atoms with E-state index < -0.39 is 86.7 Å². The Hall–Kier alpha value is -3.09. The number of methoxy groups -OCH3 is 1. The van der Waals surface area contributed by atoms with Crippen LogP contribution in [0, 0.1) is 0 Å². The highest BCUT2D eigenvalue weighted by Gasteiger charge is 2.46. The molecule has 15 heteroatoms. The molecule has 11 unspecified atom stereocenters. The molecule has 0 amide bonds. The third-order valence-corrected chi connectivity index (χ3v) is 7.68. The number of aryl methyl sites for hydroxylation is 1. The molecule has 2 aliphatic heterocycles. The number of phenolic OH excluding ortho intramolecular Hbond substituents is 1. The number of ether oxygens (including phenoxy) is 6. The third kappa shape index (κ3) is 8.39. The van der Waals surface area contributed by atoms with Crippen molar-refractivity contribution in [2.45, 2.75) is 87.3 Å². The van der Waals surface area contributed by atoms with Gasteiger partial charge in [-0.25, -0.2) is 4.79 Å². The number of rotatable bonds is 12. The van der Waals surface area contributed by atoms with Crippen LogP contribution < -0.4 is 9.47 Å². The minimum atomic E-state index is -1.66. The number of carbonyl (C=O) groups is 1. The van der Waals surface area contributed by atoms with Crippen molar-refractivity contribution in [3.8, 4) is 17.2 Å². The Morgan fingerprint density at radius 1 is 0.822 bits per heavy atom. The number of hydrogen-bond acceptors (Lipinski definition) is 15. The van der Waals surface area contributed by atoms with Gasteiger partial charge < -0.3 is 69.3 Å². The summed E-state index contributed by atoms with van der Waals surface area (Å²) >= 11 is 0. The molecule has 4 rings (SSSR count). The van der Waals surface area contributed by atoms with Crippen molar-refractivity contribution < 1.29 is 74.1 Å². The SMILES string of the molecule is COc1cc(C(=O)OCC2OC(OC(C)CCc3ccc(O)cc3)C(O)C(O)C2O)ccc1OC1OC(CO)C(O)C(O)C1O. The average molecular weight is 641 g/mol. The average Bonchev–Trinajstić information content (AvgIpc) is 3.04. The minimum absolute atomic E-state index is 0.000970. The number of phenols is 1. The molecule has 0 radical (unpaired) electrons. The second-order valence-electron chi connectivity index (χ2n) is 10.9. The van der Waals surface area contributed by atoms with Crippen LogP contribution in [0.5, 0.6) is 17.2 Å². The van der Waals surface area contributed by atoms with Crippen LogP contribution >= 0.6 is 0 Å². The standard InChI is InChI=1S/C30H40O15/c1-14(3-4-15-5-8-17(32)9-6-15)42-29-26(37)25(36)23(34)21(45-29)13-41-28(39)16-7-10-18(19(11-16)40-2)43-30-27(38)24(35)22(33)20(12-31)44-30/h5-11,14,20-27,29-38H,3-4,12-13H2,1-2H3. The number of aliphatic hydroxyl groups is 7. The Labute approximate surface area is 258 Å². The molecule has 0 aliphatic carbocycles. The van der Waals surface area contributed by atoms with Gasteiger partial charge in [-0.2, -0.15) is 0 Å². The quantitative estimate of drug-likeness (QED) is 0.124. The summed E-state index contributed by atoms with van der Waals surface area (Å²) in [6.07, 6.45) is -14.2. The molecule has 2 heterocycles. The summed E-state index contributed by atoms with van der Waals surface area (Å²) in [6, 6.07) is 10.6. The van der Waals surface area contributed by atoms with Crippen molar-refractivity contribution >= 4 is 5.97 Å². The number of aromatic hydroxyl groups is 1. The summed E-state index contributed by atoms with van der Waals surface area (Å²) in [7, 11) is 1.29. The van der Waals surface area contributed by atoms with E-state index in [0.717, 1.165) is 5.56 Å². The zero-order valence-corrected chi connectivity index (χ0v) is 24.7. The number of carbonyl (C=O) groups excluding carboxylic acids is 1. The first-order chi connectivity index (χ1) is 21.4. The van der Waals surface area contributed by atoms with Gasteiger partial charge in [-0.3, -0.25) is 0 Å². The van der Waals surface area contributed by atoms with Crippen molar-refractivity contribution in [2.24, 2.45) is 0 Å². The van der Waals surface area contributed by atoms with E-state index in [9.17, 15) is 45.6 Å². The van der Waals surface area contributed by atoms with Gasteiger partial charge in [0, 0.05) is 0 Å². The lowest BCUT2D eigenvalue weighted by molar-refractivity contribution is -0.310. The van der Waals surface area contributed by atoms with Crippen LogP contribution in [-0.4, -0.2) is 135 Å². The Balaban J connectivity index is 1.34. The molecule has 250 valence electrons. The fourth-order valence-corrected chi connectivity index (χ4v) is 4.92. The first-order valence-electron chi connectivity index (χ1n) is 14.4. The molecular weight excluding hydrogens is 600 g/mol. The molecule has 8 N–H and O–H groups in total. The summed E-state index contributed by atoms with van der Waals surface area (Å²) < 4.78 is 33.0. The topological polar surface area (TPSA) is 234 Å². The van der Waals surface area contributed by atoms with Crippen molar-refractivity contribution in [3.05, 3.63) is 53.6 Å². The fraction of sp³-hybridized carbons (Fsp3) is 0.567. The van der Waals surface area contributed by atoms with Gasteiger partial charge in [0.05, 0.1) is 25.4 Å². The Morgan fingerprint density at radius 2 is 1.44 bits per heavy atom. The highest BCUT2D eigenvalue weighted by molar-refractivity contribution is 5.90. The first kappa shape index (κ1) is 34.8. The predicted molar refractivity (Wildman–Crippen MR) is 151 cm³/mol. The highest BCUT2D eigenvalue weighted by atomic mass is 16.7. The van der Waals surface area contributed by atoms with Crippen molar-refractivity contribution in [3.63, 3.8) is 0 Å². The molecule has 15 nitrogen and oxygen atoms in total. The molecule has 2 aromatic carbocycles. The van der Waals surface area contributed by atoms with E-state index in [4.69, 9.17) is 28.4 Å². The Morgan fingerprint density at radius 3 is 2.09 bits per heavy atom. The summed E-state index contributed by atoms with van der Waals surface area (Å²) in [5.74, 6) is -0.688. The molecule has 2 aromatic rings. The van der Waals surface area contributed by atoms with E-state index in [1.54, 1.807) is 31.2 Å². The lowest BCUT2D eigenvalue weighted by Gasteiger charge is -2.40. The first-order valence-corrected chi connectivity index (χ1v) is 14.4. The smallest absolute Gasteiger partial charge is 0.338 e. The molecule has 0 aromatic heterocycles. The summed E-state index contributed by atoms with van der Waals surface area (Å²) in [4.78, 5) is 12.9. The molecule has 0 spiro atoms. The van der Waals surface area contributed by atoms with Crippen molar-refractivity contribution in [1.82, 2.24) is 0 Å². The van der Waals surface area contributed by atoms with E-state index >= 15 is 0 Å². The summed E-state index contributed by atoms with van der Waals surface area (Å²) in [5.41, 5.74) is 0.952. The van der Waals surface area contributed by atoms with Crippen LogP contribution in [0.2, 0.25) is 0 Å². The number of esters is 1. The molecular formula is C30H40O15. The maximum atomic E-state index is 12.9. The normalized spacial score (nSPS) is 32.5. The van der Waals surface area contributed by atoms with Gasteiger partial charge >= 0.3 is 5.97 Å². The van der Waals surface area contributed by atoms with Crippen molar-refractivity contribution in [1.29, 1.82) is 0 Å². The van der Waals surface area contributed by atoms with Gasteiger partial charge in [0.15, 0.2) is 17.8 Å². The maximum Gasteiger partial charge on any atom is 0.338 e. The lowest BCUT2D eigenvalue weighted by atomic mass is 9.99. The van der Waals surface area contributed by atoms with Crippen LogP contribution in [0.3, 0.4) is 0 Å². The lowest BCUT2D eigenvalue weighted by Crippen LogP contribution is -2.60. The van der Waals surface area contributed by atoms with Gasteiger partial charge in [0.1, 0.15) is 61.2 Å². The van der Waals surface area contributed by atoms with E-state index in [0.29, 0.717) is 12.8 Å². The molecule has 2 aliphatic rings. The summed E-state index contributed by atoms with van der Waals surface area (Å²) in [5, 5.41) is 80.3. The number of benzene rings is 2. The van der Waals surface area contributed by atoms with Crippen LogP contribution in [0.15, 0.2) is 42.5 Å². The molecule has 0 bridgehead atoms. The van der Waals surface area contributed by atoms with Crippen LogP contribution in [-0.2, 0) is 25.4 Å². The molecule has 2 fully saturated rings. The number of hydrogen-bond donors (Lipinski definition) is 8. The van der Waals surface area contributed by atoms with Crippen LogP contribution in [0.25, 0.3) is 0 Å². The zero-order valence-electron chi connectivity index (χ0n) is 24.7. The number of aliphatic hydroxyl groups excluding tert-OH is 7. The van der Waals surface area contributed by atoms with E-state index in [1.165, 1.54) is 25.3 Å². The molecule has 11 atom stereocenters. The van der Waals surface area contributed by atoms with Crippen LogP contribution in [0.4, 0.5) is 0 Å². The zero-order chi connectivity index (χ0) is 32.8. The predicted octanol–water partition coefficient (Wildman–Crippen LogP) is -1.42. The van der Waals surface area contributed by atoms with Crippen molar-refractivity contribution in [2.75, 3.05) is 20.3 Å². The molecule has 45 heavy (non-hydrogen) atoms. The third-order valence-electron chi connectivity index (χ3n) is 7.68. The second-order valence-corrected chi connectivity index (χ2v) is 10.9. The van der Waals surface area contributed by atoms with Gasteiger partial charge in [-0.05, 0) is 55.7 Å². The Bertz CT molecular complexity index is 1240. The van der Waals surface area contributed by atoms with E-state index in [1.807, 2.05) is 0 Å². The Kier molecular flexibility index (Phi) is 12.0. The fourth-order valence-electron chi connectivity index (χ4n) is 4.92. The van der Waals surface area contributed by atoms with Gasteiger partial charge in [0.25, 0.3) is 0 Å². The second kappa shape index (κ2) is 15.5.